The van der Waals surface area contributed by atoms with Gasteiger partial charge in [-0.15, -0.1) is 0 Å². The average molecular weight is 253 g/mol. The van der Waals surface area contributed by atoms with Crippen LogP contribution in [0.1, 0.15) is 38.8 Å². The first kappa shape index (κ1) is 13.4. The van der Waals surface area contributed by atoms with Crippen LogP contribution in [0.15, 0.2) is 30.5 Å². The van der Waals surface area contributed by atoms with E-state index >= 15 is 0 Å². The first-order chi connectivity index (χ1) is 8.95. The summed E-state index contributed by atoms with van der Waals surface area (Å²) in [5.41, 5.74) is 3.56. The van der Waals surface area contributed by atoms with Gasteiger partial charge in [-0.3, -0.25) is 4.68 Å². The predicted octanol–water partition coefficient (Wildman–Crippen LogP) is 3.74. The lowest BCUT2D eigenvalue weighted by Gasteiger charge is -2.18. The minimum Gasteiger partial charge on any atom is -0.265 e. The quantitative estimate of drug-likeness (QED) is 0.818. The normalized spacial score (nSPS) is 11.3. The third-order valence-corrected chi connectivity index (χ3v) is 3.16. The van der Waals surface area contributed by atoms with Crippen LogP contribution < -0.4 is 0 Å². The van der Waals surface area contributed by atoms with Gasteiger partial charge in [0, 0.05) is 11.8 Å². The third-order valence-electron chi connectivity index (χ3n) is 3.16. The van der Waals surface area contributed by atoms with Crippen molar-refractivity contribution in [2.45, 2.75) is 39.7 Å². The Bertz CT molecular complexity index is 607. The van der Waals surface area contributed by atoms with E-state index in [1.807, 2.05) is 23.0 Å². The molecule has 1 aromatic heterocycles. The number of hydrogen-bond donors (Lipinski definition) is 0. The molecule has 0 aliphatic rings. The van der Waals surface area contributed by atoms with E-state index in [-0.39, 0.29) is 5.54 Å². The highest BCUT2D eigenvalue weighted by molar-refractivity contribution is 5.66. The van der Waals surface area contributed by atoms with E-state index in [2.05, 4.69) is 51.0 Å². The molecule has 0 aliphatic carbocycles. The summed E-state index contributed by atoms with van der Waals surface area (Å²) in [5, 5.41) is 13.8. The van der Waals surface area contributed by atoms with Crippen LogP contribution in [0.2, 0.25) is 0 Å². The van der Waals surface area contributed by atoms with Crippen molar-refractivity contribution < 1.29 is 0 Å². The summed E-state index contributed by atoms with van der Waals surface area (Å²) in [6.07, 6.45) is 2.84. The molecule has 98 valence electrons. The van der Waals surface area contributed by atoms with Crippen molar-refractivity contribution in [1.82, 2.24) is 9.78 Å². The minimum atomic E-state index is -0.118. The molecule has 3 nitrogen and oxygen atoms in total. The third kappa shape index (κ3) is 2.68. The molecule has 19 heavy (non-hydrogen) atoms. The van der Waals surface area contributed by atoms with Gasteiger partial charge in [-0.25, -0.2) is 0 Å². The molecular weight excluding hydrogens is 234 g/mol. The van der Waals surface area contributed by atoms with Crippen molar-refractivity contribution in [3.05, 3.63) is 41.6 Å². The number of rotatable bonds is 2. The summed E-state index contributed by atoms with van der Waals surface area (Å²) >= 11 is 0. The second-order valence-electron chi connectivity index (χ2n) is 5.67. The van der Waals surface area contributed by atoms with Gasteiger partial charge < -0.3 is 0 Å². The van der Waals surface area contributed by atoms with Crippen molar-refractivity contribution in [3.63, 3.8) is 0 Å². The topological polar surface area (TPSA) is 41.6 Å². The molecule has 0 aliphatic heterocycles. The summed E-state index contributed by atoms with van der Waals surface area (Å²) in [4.78, 5) is 0. The van der Waals surface area contributed by atoms with E-state index in [0.717, 1.165) is 17.7 Å². The Morgan fingerprint density at radius 3 is 2.32 bits per heavy atom. The molecule has 2 aromatic rings. The predicted molar refractivity (Wildman–Crippen MR) is 76.8 cm³/mol. The monoisotopic (exact) mass is 253 g/mol. The fraction of sp³-hybridized carbons (Fsp3) is 0.375. The van der Waals surface area contributed by atoms with E-state index in [4.69, 9.17) is 0 Å². The van der Waals surface area contributed by atoms with Crippen LogP contribution in [0.4, 0.5) is 0 Å². The van der Waals surface area contributed by atoms with Gasteiger partial charge in [0.25, 0.3) is 0 Å². The number of nitriles is 1. The second-order valence-corrected chi connectivity index (χ2v) is 5.67. The Morgan fingerprint density at radius 1 is 1.21 bits per heavy atom. The molecule has 0 radical (unpaired) electrons. The zero-order valence-corrected chi connectivity index (χ0v) is 11.9. The number of nitrogens with zero attached hydrogens (tertiary/aromatic N) is 3. The molecular formula is C16H19N3. The maximum Gasteiger partial charge on any atom is 0.110 e. The highest BCUT2D eigenvalue weighted by Crippen LogP contribution is 2.25. The fourth-order valence-corrected chi connectivity index (χ4v) is 1.91. The van der Waals surface area contributed by atoms with Crippen LogP contribution >= 0.6 is 0 Å². The molecule has 0 spiro atoms. The standard InChI is InChI=1S/C16H19N3/c1-5-12-6-8-13(9-7-12)15-14(10-17)11-19(18-15)16(2,3)4/h6-9,11H,5H2,1-4H3. The Balaban J connectivity index is 2.49. The molecule has 0 saturated heterocycles. The minimum absolute atomic E-state index is 0.118. The first-order valence-corrected chi connectivity index (χ1v) is 6.55. The largest absolute Gasteiger partial charge is 0.265 e. The zero-order chi connectivity index (χ0) is 14.0. The van der Waals surface area contributed by atoms with Crippen LogP contribution in [0, 0.1) is 11.3 Å². The summed E-state index contributed by atoms with van der Waals surface area (Å²) < 4.78 is 1.86. The molecule has 1 aromatic carbocycles. The summed E-state index contributed by atoms with van der Waals surface area (Å²) in [7, 11) is 0. The van der Waals surface area contributed by atoms with Crippen molar-refractivity contribution >= 4 is 0 Å². The van der Waals surface area contributed by atoms with Crippen molar-refractivity contribution in [2.24, 2.45) is 0 Å². The summed E-state index contributed by atoms with van der Waals surface area (Å²) in [6, 6.07) is 10.5. The molecule has 0 saturated carbocycles. The Morgan fingerprint density at radius 2 is 1.84 bits per heavy atom. The van der Waals surface area contributed by atoms with Gasteiger partial charge >= 0.3 is 0 Å². The fourth-order valence-electron chi connectivity index (χ4n) is 1.91. The second kappa shape index (κ2) is 4.89. The SMILES string of the molecule is CCc1ccc(-c2nn(C(C)(C)C)cc2C#N)cc1. The molecule has 0 fully saturated rings. The van der Waals surface area contributed by atoms with Crippen LogP contribution in [0.5, 0.6) is 0 Å². The number of aromatic nitrogens is 2. The molecule has 0 bridgehead atoms. The van der Waals surface area contributed by atoms with E-state index in [1.54, 1.807) is 0 Å². The Kier molecular flexibility index (Phi) is 3.44. The smallest absolute Gasteiger partial charge is 0.110 e. The lowest BCUT2D eigenvalue weighted by Crippen LogP contribution is -2.22. The lowest BCUT2D eigenvalue weighted by atomic mass is 10.1. The lowest BCUT2D eigenvalue weighted by molar-refractivity contribution is 0.356. The summed E-state index contributed by atoms with van der Waals surface area (Å²) in [5.74, 6) is 0. The number of benzene rings is 1. The summed E-state index contributed by atoms with van der Waals surface area (Å²) in [6.45, 7) is 8.35. The highest BCUT2D eigenvalue weighted by atomic mass is 15.3. The molecule has 3 heteroatoms. The van der Waals surface area contributed by atoms with Crippen molar-refractivity contribution in [3.8, 4) is 17.3 Å². The molecule has 0 amide bonds. The van der Waals surface area contributed by atoms with Crippen LogP contribution in [0.3, 0.4) is 0 Å². The Hall–Kier alpha value is -2.08. The van der Waals surface area contributed by atoms with Crippen LogP contribution in [-0.2, 0) is 12.0 Å². The first-order valence-electron chi connectivity index (χ1n) is 6.55. The van der Waals surface area contributed by atoms with Gasteiger partial charge in [-0.1, -0.05) is 31.2 Å². The average Bonchev–Trinajstić information content (AvgIpc) is 2.83. The van der Waals surface area contributed by atoms with Gasteiger partial charge in [0.15, 0.2) is 0 Å². The Labute approximate surface area is 114 Å². The van der Waals surface area contributed by atoms with E-state index in [9.17, 15) is 5.26 Å². The zero-order valence-electron chi connectivity index (χ0n) is 11.9. The maximum atomic E-state index is 9.26. The van der Waals surface area contributed by atoms with Gasteiger partial charge in [0.2, 0.25) is 0 Å². The van der Waals surface area contributed by atoms with E-state index < -0.39 is 0 Å². The number of hydrogen-bond acceptors (Lipinski definition) is 2. The van der Waals surface area contributed by atoms with Gasteiger partial charge in [-0.05, 0) is 32.8 Å². The van der Waals surface area contributed by atoms with Gasteiger partial charge in [0.1, 0.15) is 11.8 Å². The number of aryl methyl sites for hydroxylation is 1. The van der Waals surface area contributed by atoms with Gasteiger partial charge in [-0.2, -0.15) is 10.4 Å². The van der Waals surface area contributed by atoms with E-state index in [1.165, 1.54) is 5.56 Å². The molecule has 0 N–H and O–H groups in total. The van der Waals surface area contributed by atoms with Gasteiger partial charge in [0.05, 0.1) is 11.1 Å². The maximum absolute atomic E-state index is 9.26. The molecule has 1 heterocycles. The molecule has 0 atom stereocenters. The highest BCUT2D eigenvalue weighted by Gasteiger charge is 2.18. The van der Waals surface area contributed by atoms with Crippen molar-refractivity contribution in [1.29, 1.82) is 5.26 Å². The van der Waals surface area contributed by atoms with E-state index in [0.29, 0.717) is 5.56 Å². The molecule has 0 unspecified atom stereocenters. The molecule has 2 rings (SSSR count). The van der Waals surface area contributed by atoms with Crippen LogP contribution in [-0.4, -0.2) is 9.78 Å². The van der Waals surface area contributed by atoms with Crippen LogP contribution in [0.25, 0.3) is 11.3 Å². The van der Waals surface area contributed by atoms with Crippen molar-refractivity contribution in [2.75, 3.05) is 0 Å².